The van der Waals surface area contributed by atoms with Crippen LogP contribution in [0.5, 0.6) is 0 Å². The molecule has 4 heteroatoms. The van der Waals surface area contributed by atoms with Crippen LogP contribution in [0, 0.1) is 17.8 Å². The summed E-state index contributed by atoms with van der Waals surface area (Å²) in [7, 11) is 1.43. The highest BCUT2D eigenvalue weighted by atomic mass is 16.7. The molecule has 0 radical (unpaired) electrons. The fourth-order valence-electron chi connectivity index (χ4n) is 3.95. The van der Waals surface area contributed by atoms with Gasteiger partial charge in [0.1, 0.15) is 0 Å². The number of carbonyl (C=O) groups excluding carboxylic acids is 1. The van der Waals surface area contributed by atoms with Crippen LogP contribution in [0.25, 0.3) is 0 Å². The summed E-state index contributed by atoms with van der Waals surface area (Å²) in [5, 5.41) is 0. The molecule has 0 amide bonds. The van der Waals surface area contributed by atoms with Crippen LogP contribution < -0.4 is 0 Å². The minimum atomic E-state index is -0.582. The van der Waals surface area contributed by atoms with Gasteiger partial charge in [-0.2, -0.15) is 0 Å². The molecule has 1 spiro atoms. The summed E-state index contributed by atoms with van der Waals surface area (Å²) in [4.78, 5) is 11.9. The smallest absolute Gasteiger partial charge is 0.311 e. The third-order valence-electron chi connectivity index (χ3n) is 5.40. The maximum Gasteiger partial charge on any atom is 0.311 e. The summed E-state index contributed by atoms with van der Waals surface area (Å²) in [5.74, 6) is -0.456. The van der Waals surface area contributed by atoms with Crippen molar-refractivity contribution in [3.05, 3.63) is 12.2 Å². The second-order valence-electron chi connectivity index (χ2n) is 6.99. The fraction of sp³-hybridized carbons (Fsp3) is 0.833. The van der Waals surface area contributed by atoms with Gasteiger partial charge in [0.15, 0.2) is 5.79 Å². The van der Waals surface area contributed by atoms with Crippen LogP contribution in [0.3, 0.4) is 0 Å². The number of ether oxygens (including phenoxy) is 3. The average Bonchev–Trinajstić information content (AvgIpc) is 2.51. The average molecular weight is 310 g/mol. The molecular formula is C18H30O4. The van der Waals surface area contributed by atoms with Crippen molar-refractivity contribution in [3.8, 4) is 0 Å². The Balaban J connectivity index is 2.21. The van der Waals surface area contributed by atoms with Crippen molar-refractivity contribution >= 4 is 5.97 Å². The highest BCUT2D eigenvalue weighted by Gasteiger charge is 2.51. The minimum absolute atomic E-state index is 0.0543. The molecule has 4 nitrogen and oxygen atoms in total. The molecule has 2 heterocycles. The topological polar surface area (TPSA) is 44.8 Å². The molecule has 0 N–H and O–H groups in total. The summed E-state index contributed by atoms with van der Waals surface area (Å²) in [6.45, 7) is 12.5. The van der Waals surface area contributed by atoms with Crippen LogP contribution in [0.1, 0.15) is 53.4 Å². The standard InChI is InChI=1S/C18H30O4/c1-7-15-11(2)8-9-18(21-15)13(4)10-12(3)16(22-18)14(5)17(19)20-6/h12-16H,2,7-10H2,1,3-6H3/t12-,13+,14+,15+,16-,18+/m0/s1. The molecule has 2 rings (SSSR count). The molecule has 0 bridgehead atoms. The van der Waals surface area contributed by atoms with Gasteiger partial charge in [0.2, 0.25) is 0 Å². The van der Waals surface area contributed by atoms with E-state index in [9.17, 15) is 4.79 Å². The Bertz CT molecular complexity index is 433. The van der Waals surface area contributed by atoms with Gasteiger partial charge in [-0.1, -0.05) is 27.4 Å². The number of methoxy groups -OCH3 is 1. The van der Waals surface area contributed by atoms with E-state index in [1.165, 1.54) is 7.11 Å². The molecule has 0 aromatic carbocycles. The fourth-order valence-corrected chi connectivity index (χ4v) is 3.95. The van der Waals surface area contributed by atoms with E-state index in [-0.39, 0.29) is 24.1 Å². The predicted octanol–water partition coefficient (Wildman–Crippen LogP) is 3.70. The molecule has 2 fully saturated rings. The van der Waals surface area contributed by atoms with E-state index in [0.717, 1.165) is 31.3 Å². The third-order valence-corrected chi connectivity index (χ3v) is 5.40. The first-order valence-corrected chi connectivity index (χ1v) is 8.45. The molecule has 0 unspecified atom stereocenters. The van der Waals surface area contributed by atoms with Gasteiger partial charge in [-0.3, -0.25) is 4.79 Å². The summed E-state index contributed by atoms with van der Waals surface area (Å²) >= 11 is 0. The SMILES string of the molecule is C=C1CC[C@]2(O[C@H]([C@@H](C)C(=O)OC)[C@@H](C)C[C@H]2C)O[C@@H]1CC. The van der Waals surface area contributed by atoms with E-state index in [1.54, 1.807) is 0 Å². The molecule has 126 valence electrons. The molecular weight excluding hydrogens is 280 g/mol. The number of carbonyl (C=O) groups is 1. The molecule has 2 aliphatic heterocycles. The zero-order valence-electron chi connectivity index (χ0n) is 14.6. The molecule has 0 saturated carbocycles. The molecule has 0 aromatic rings. The Labute approximate surface area is 134 Å². The Morgan fingerprint density at radius 3 is 2.73 bits per heavy atom. The number of rotatable bonds is 3. The van der Waals surface area contributed by atoms with E-state index in [1.807, 2.05) is 6.92 Å². The first-order chi connectivity index (χ1) is 10.3. The zero-order valence-corrected chi connectivity index (χ0v) is 14.6. The lowest BCUT2D eigenvalue weighted by Gasteiger charge is -2.52. The second kappa shape index (κ2) is 6.71. The normalized spacial score (nSPS) is 40.5. The lowest BCUT2D eigenvalue weighted by molar-refractivity contribution is -0.341. The monoisotopic (exact) mass is 310 g/mol. The van der Waals surface area contributed by atoms with Gasteiger partial charge in [-0.15, -0.1) is 0 Å². The van der Waals surface area contributed by atoms with Gasteiger partial charge >= 0.3 is 5.97 Å². The van der Waals surface area contributed by atoms with Gasteiger partial charge < -0.3 is 14.2 Å². The number of hydrogen-bond donors (Lipinski definition) is 0. The highest BCUT2D eigenvalue weighted by molar-refractivity contribution is 5.72. The van der Waals surface area contributed by atoms with Crippen molar-refractivity contribution in [3.63, 3.8) is 0 Å². The van der Waals surface area contributed by atoms with Crippen LogP contribution in [-0.4, -0.2) is 31.1 Å². The van der Waals surface area contributed by atoms with Crippen molar-refractivity contribution in [2.45, 2.75) is 71.4 Å². The third kappa shape index (κ3) is 3.09. The van der Waals surface area contributed by atoms with Crippen molar-refractivity contribution in [1.29, 1.82) is 0 Å². The van der Waals surface area contributed by atoms with Gasteiger partial charge in [0.25, 0.3) is 0 Å². The lowest BCUT2D eigenvalue weighted by Crippen LogP contribution is -2.57. The van der Waals surface area contributed by atoms with Crippen molar-refractivity contribution in [2.24, 2.45) is 17.8 Å². The van der Waals surface area contributed by atoms with Crippen LogP contribution in [0.2, 0.25) is 0 Å². The van der Waals surface area contributed by atoms with E-state index >= 15 is 0 Å². The van der Waals surface area contributed by atoms with Gasteiger partial charge in [-0.05, 0) is 37.7 Å². The maximum absolute atomic E-state index is 11.9. The summed E-state index contributed by atoms with van der Waals surface area (Å²) < 4.78 is 17.7. The van der Waals surface area contributed by atoms with Crippen LogP contribution in [0.4, 0.5) is 0 Å². The quantitative estimate of drug-likeness (QED) is 0.589. The first kappa shape index (κ1) is 17.5. The minimum Gasteiger partial charge on any atom is -0.469 e. The Hall–Kier alpha value is -0.870. The summed E-state index contributed by atoms with van der Waals surface area (Å²) in [6.07, 6.45) is 3.54. The van der Waals surface area contributed by atoms with E-state index in [2.05, 4.69) is 27.4 Å². The van der Waals surface area contributed by atoms with Crippen molar-refractivity contribution in [1.82, 2.24) is 0 Å². The molecule has 6 atom stereocenters. The number of hydrogen-bond acceptors (Lipinski definition) is 4. The van der Waals surface area contributed by atoms with Crippen molar-refractivity contribution in [2.75, 3.05) is 7.11 Å². The van der Waals surface area contributed by atoms with Crippen LogP contribution >= 0.6 is 0 Å². The molecule has 2 saturated heterocycles. The van der Waals surface area contributed by atoms with Gasteiger partial charge in [-0.25, -0.2) is 0 Å². The van der Waals surface area contributed by atoms with Gasteiger partial charge in [0.05, 0.1) is 25.2 Å². The highest BCUT2D eigenvalue weighted by Crippen LogP contribution is 2.47. The Morgan fingerprint density at radius 1 is 1.45 bits per heavy atom. The summed E-state index contributed by atoms with van der Waals surface area (Å²) in [6, 6.07) is 0. The van der Waals surface area contributed by atoms with E-state index in [4.69, 9.17) is 14.2 Å². The Morgan fingerprint density at radius 2 is 2.14 bits per heavy atom. The second-order valence-corrected chi connectivity index (χ2v) is 6.99. The predicted molar refractivity (Wildman–Crippen MR) is 85.3 cm³/mol. The summed E-state index contributed by atoms with van der Waals surface area (Å²) in [5.41, 5.74) is 1.15. The molecule has 22 heavy (non-hydrogen) atoms. The lowest BCUT2D eigenvalue weighted by atomic mass is 9.77. The van der Waals surface area contributed by atoms with E-state index in [0.29, 0.717) is 11.8 Å². The molecule has 0 aromatic heterocycles. The molecule has 2 aliphatic rings. The van der Waals surface area contributed by atoms with Crippen LogP contribution in [-0.2, 0) is 19.0 Å². The van der Waals surface area contributed by atoms with Crippen molar-refractivity contribution < 1.29 is 19.0 Å². The molecule has 0 aliphatic carbocycles. The zero-order chi connectivity index (χ0) is 16.5. The first-order valence-electron chi connectivity index (χ1n) is 8.45. The Kier molecular flexibility index (Phi) is 5.33. The van der Waals surface area contributed by atoms with Crippen LogP contribution in [0.15, 0.2) is 12.2 Å². The maximum atomic E-state index is 11.9. The largest absolute Gasteiger partial charge is 0.469 e. The van der Waals surface area contributed by atoms with E-state index < -0.39 is 5.79 Å². The number of esters is 1. The van der Waals surface area contributed by atoms with Gasteiger partial charge in [0, 0.05) is 12.3 Å².